The van der Waals surface area contributed by atoms with Gasteiger partial charge in [0, 0.05) is 77.6 Å². The lowest BCUT2D eigenvalue weighted by molar-refractivity contribution is 0.0772. The molecule has 3 N–H and O–H groups in total. The summed E-state index contributed by atoms with van der Waals surface area (Å²) in [6, 6.07) is 18.4. The number of rotatable bonds is 6. The molecular formula is C35H39N5O4S. The highest BCUT2D eigenvalue weighted by atomic mass is 32.2. The van der Waals surface area contributed by atoms with Crippen LogP contribution in [0.4, 0.5) is 11.4 Å². The number of carbonyl (C=O) groups is 2. The molecule has 0 spiro atoms. The largest absolute Gasteiger partial charge is 0.398 e. The SMILES string of the molecule is Cc1c(NC(=O)c2ccc(C(C)(C)C)cc2)cccc1-c1cn(C)c(=O)c(Cc2ccc(C(=O)N3CCS(=O)CC3)c(N)c2)n1. The summed E-state index contributed by atoms with van der Waals surface area (Å²) in [5.74, 6) is 0.542. The molecule has 2 heterocycles. The minimum absolute atomic E-state index is 0.00597. The number of nitrogens with one attached hydrogen (secondary N) is 1. The van der Waals surface area contributed by atoms with Crippen molar-refractivity contribution in [1.82, 2.24) is 14.5 Å². The standard InChI is InChI=1S/C35H39N5O4S/c1-22-26(7-6-8-29(22)38-32(41)24-10-12-25(13-11-24)35(2,3)4)31-21-39(5)34(43)30(37-31)20-23-9-14-27(28(36)19-23)33(42)40-15-17-45(44)18-16-40/h6-14,19,21H,15-18,20,36H2,1-5H3,(H,38,41). The molecular weight excluding hydrogens is 586 g/mol. The van der Waals surface area contributed by atoms with Crippen LogP contribution in [0.3, 0.4) is 0 Å². The van der Waals surface area contributed by atoms with Crippen molar-refractivity contribution in [2.75, 3.05) is 35.6 Å². The Morgan fingerprint density at radius 1 is 1.02 bits per heavy atom. The molecule has 0 aliphatic carbocycles. The van der Waals surface area contributed by atoms with Gasteiger partial charge < -0.3 is 20.5 Å². The fourth-order valence-corrected chi connectivity index (χ4v) is 6.45. The molecule has 10 heteroatoms. The lowest BCUT2D eigenvalue weighted by atomic mass is 9.86. The number of nitrogens with two attached hydrogens (primary N) is 1. The molecule has 0 unspecified atom stereocenters. The van der Waals surface area contributed by atoms with Gasteiger partial charge in [0.2, 0.25) is 0 Å². The Morgan fingerprint density at radius 2 is 1.71 bits per heavy atom. The van der Waals surface area contributed by atoms with E-state index in [1.807, 2.05) is 49.4 Å². The Labute approximate surface area is 265 Å². The number of hydrogen-bond donors (Lipinski definition) is 2. The molecule has 1 aliphatic rings. The van der Waals surface area contributed by atoms with Crippen LogP contribution in [0.5, 0.6) is 0 Å². The predicted octanol–water partition coefficient (Wildman–Crippen LogP) is 4.68. The molecule has 4 aromatic rings. The van der Waals surface area contributed by atoms with E-state index in [0.29, 0.717) is 58.5 Å². The summed E-state index contributed by atoms with van der Waals surface area (Å²) in [5, 5.41) is 3.03. The Hall–Kier alpha value is -4.57. The van der Waals surface area contributed by atoms with Gasteiger partial charge in [-0.2, -0.15) is 0 Å². The highest BCUT2D eigenvalue weighted by molar-refractivity contribution is 7.85. The van der Waals surface area contributed by atoms with Crippen molar-refractivity contribution in [3.8, 4) is 11.3 Å². The second-order valence-electron chi connectivity index (χ2n) is 12.5. The first kappa shape index (κ1) is 31.8. The van der Waals surface area contributed by atoms with E-state index in [9.17, 15) is 18.6 Å². The van der Waals surface area contributed by atoms with Gasteiger partial charge in [0.1, 0.15) is 5.69 Å². The molecule has 0 bridgehead atoms. The summed E-state index contributed by atoms with van der Waals surface area (Å²) >= 11 is 0. The number of anilines is 2. The van der Waals surface area contributed by atoms with Crippen molar-refractivity contribution in [3.05, 3.63) is 111 Å². The lowest BCUT2D eigenvalue weighted by Crippen LogP contribution is -2.42. The quantitative estimate of drug-likeness (QED) is 0.300. The number of benzene rings is 3. The van der Waals surface area contributed by atoms with Crippen LogP contribution < -0.4 is 16.6 Å². The highest BCUT2D eigenvalue weighted by Gasteiger charge is 2.23. The maximum Gasteiger partial charge on any atom is 0.272 e. The second kappa shape index (κ2) is 12.8. The van der Waals surface area contributed by atoms with Crippen molar-refractivity contribution >= 4 is 34.0 Å². The van der Waals surface area contributed by atoms with Gasteiger partial charge in [-0.15, -0.1) is 0 Å². The first-order valence-corrected chi connectivity index (χ1v) is 16.4. The Morgan fingerprint density at radius 3 is 2.36 bits per heavy atom. The Balaban J connectivity index is 1.37. The highest BCUT2D eigenvalue weighted by Crippen LogP contribution is 2.28. The van der Waals surface area contributed by atoms with E-state index in [1.54, 1.807) is 36.3 Å². The van der Waals surface area contributed by atoms with Crippen LogP contribution >= 0.6 is 0 Å². The van der Waals surface area contributed by atoms with Crippen LogP contribution in [-0.2, 0) is 29.7 Å². The van der Waals surface area contributed by atoms with Crippen LogP contribution in [0.15, 0.2) is 71.7 Å². The van der Waals surface area contributed by atoms with Crippen molar-refractivity contribution in [2.45, 2.75) is 39.5 Å². The summed E-state index contributed by atoms with van der Waals surface area (Å²) < 4.78 is 13.2. The van der Waals surface area contributed by atoms with Gasteiger partial charge in [-0.05, 0) is 59.4 Å². The van der Waals surface area contributed by atoms with Gasteiger partial charge >= 0.3 is 0 Å². The number of hydrogen-bond acceptors (Lipinski definition) is 6. The topological polar surface area (TPSA) is 127 Å². The van der Waals surface area contributed by atoms with Crippen LogP contribution in [0.2, 0.25) is 0 Å². The van der Waals surface area contributed by atoms with Gasteiger partial charge in [0.15, 0.2) is 0 Å². The van der Waals surface area contributed by atoms with E-state index in [0.717, 1.165) is 22.3 Å². The van der Waals surface area contributed by atoms with E-state index in [-0.39, 0.29) is 29.2 Å². The minimum atomic E-state index is -0.885. The molecule has 1 aromatic heterocycles. The molecule has 3 aromatic carbocycles. The Bertz CT molecular complexity index is 1850. The molecule has 0 radical (unpaired) electrons. The third-order valence-corrected chi connectivity index (χ3v) is 9.47. The molecule has 5 rings (SSSR count). The molecule has 234 valence electrons. The second-order valence-corrected chi connectivity index (χ2v) is 14.2. The van der Waals surface area contributed by atoms with Crippen molar-refractivity contribution < 1.29 is 13.8 Å². The number of nitrogens with zero attached hydrogens (tertiary/aromatic N) is 3. The van der Waals surface area contributed by atoms with Gasteiger partial charge in [0.05, 0.1) is 11.3 Å². The summed E-state index contributed by atoms with van der Waals surface area (Å²) in [6.07, 6.45) is 1.91. The molecule has 0 saturated carbocycles. The lowest BCUT2D eigenvalue weighted by Gasteiger charge is -2.26. The third-order valence-electron chi connectivity index (χ3n) is 8.19. The van der Waals surface area contributed by atoms with E-state index in [1.165, 1.54) is 4.57 Å². The fraction of sp³-hybridized carbons (Fsp3) is 0.314. The normalized spacial score (nSPS) is 13.9. The zero-order valence-electron chi connectivity index (χ0n) is 26.3. The minimum Gasteiger partial charge on any atom is -0.398 e. The van der Waals surface area contributed by atoms with E-state index < -0.39 is 10.8 Å². The van der Waals surface area contributed by atoms with E-state index in [2.05, 4.69) is 26.1 Å². The smallest absolute Gasteiger partial charge is 0.272 e. The van der Waals surface area contributed by atoms with Gasteiger partial charge in [-0.25, -0.2) is 4.98 Å². The number of amides is 2. The van der Waals surface area contributed by atoms with Crippen molar-refractivity contribution in [3.63, 3.8) is 0 Å². The molecule has 1 fully saturated rings. The third kappa shape index (κ3) is 7.06. The van der Waals surface area contributed by atoms with Crippen molar-refractivity contribution in [1.29, 1.82) is 0 Å². The van der Waals surface area contributed by atoms with Crippen molar-refractivity contribution in [2.24, 2.45) is 7.05 Å². The first-order valence-electron chi connectivity index (χ1n) is 14.9. The summed E-state index contributed by atoms with van der Waals surface area (Å²) in [5.41, 5.74) is 12.4. The zero-order valence-corrected chi connectivity index (χ0v) is 27.2. The maximum absolute atomic E-state index is 13.1. The molecule has 1 aliphatic heterocycles. The zero-order chi connectivity index (χ0) is 32.5. The average Bonchev–Trinajstić information content (AvgIpc) is 3.00. The van der Waals surface area contributed by atoms with Crippen LogP contribution in [0.1, 0.15) is 63.9 Å². The predicted molar refractivity (Wildman–Crippen MR) is 180 cm³/mol. The van der Waals surface area contributed by atoms with E-state index >= 15 is 0 Å². The summed E-state index contributed by atoms with van der Waals surface area (Å²) in [4.78, 5) is 45.7. The van der Waals surface area contributed by atoms with E-state index in [4.69, 9.17) is 10.7 Å². The average molecular weight is 626 g/mol. The monoisotopic (exact) mass is 625 g/mol. The van der Waals surface area contributed by atoms with Gasteiger partial charge in [-0.3, -0.25) is 18.6 Å². The number of nitrogen functional groups attached to an aromatic ring is 1. The number of aryl methyl sites for hydroxylation is 1. The summed E-state index contributed by atoms with van der Waals surface area (Å²) in [6.45, 7) is 9.19. The fourth-order valence-electron chi connectivity index (χ4n) is 5.40. The van der Waals surface area contributed by atoms with Crippen LogP contribution in [0.25, 0.3) is 11.3 Å². The summed E-state index contributed by atoms with van der Waals surface area (Å²) in [7, 11) is 0.796. The molecule has 1 saturated heterocycles. The molecule has 9 nitrogen and oxygen atoms in total. The molecule has 2 amide bonds. The van der Waals surface area contributed by atoms with Crippen LogP contribution in [0, 0.1) is 6.92 Å². The van der Waals surface area contributed by atoms with Crippen LogP contribution in [-0.4, -0.2) is 55.1 Å². The maximum atomic E-state index is 13.1. The van der Waals surface area contributed by atoms with Gasteiger partial charge in [0.25, 0.3) is 17.4 Å². The Kier molecular flexibility index (Phi) is 9.06. The molecule has 0 atom stereocenters. The van der Waals surface area contributed by atoms with Gasteiger partial charge in [-0.1, -0.05) is 51.1 Å². The number of aromatic nitrogens is 2. The number of carbonyl (C=O) groups excluding carboxylic acids is 2. The molecule has 45 heavy (non-hydrogen) atoms. The first-order chi connectivity index (χ1) is 21.3.